The molecule has 14 heavy (non-hydrogen) atoms. The highest BCUT2D eigenvalue weighted by atomic mass is 35.5. The van der Waals surface area contributed by atoms with Crippen molar-refractivity contribution in [3.63, 3.8) is 0 Å². The molecule has 0 aliphatic carbocycles. The minimum absolute atomic E-state index is 0.346. The van der Waals surface area contributed by atoms with Gasteiger partial charge in [-0.05, 0) is 24.5 Å². The maximum absolute atomic E-state index is 13.2. The molecule has 0 saturated carbocycles. The number of aryl methyl sites for hydroxylation is 1. The Labute approximate surface area is 85.7 Å². The molecule has 0 spiro atoms. The number of benzene rings is 1. The lowest BCUT2D eigenvalue weighted by atomic mass is 10.1. The molecule has 1 rings (SSSR count). The van der Waals surface area contributed by atoms with Gasteiger partial charge in [-0.15, -0.1) is 0 Å². The first kappa shape index (κ1) is 11.1. The van der Waals surface area contributed by atoms with E-state index in [-0.39, 0.29) is 0 Å². The molecule has 1 aromatic rings. The van der Waals surface area contributed by atoms with Crippen molar-refractivity contribution in [3.8, 4) is 0 Å². The van der Waals surface area contributed by atoms with Crippen LogP contribution in [0.2, 0.25) is 5.02 Å². The summed E-state index contributed by atoms with van der Waals surface area (Å²) in [7, 11) is 0. The molecule has 0 N–H and O–H groups in total. The van der Waals surface area contributed by atoms with E-state index in [4.69, 9.17) is 11.6 Å². The fraction of sp³-hybridized carbons (Fsp3) is 0.300. The number of rotatable bonds is 4. The lowest BCUT2D eigenvalue weighted by Crippen LogP contribution is -1.94. The predicted octanol–water partition coefficient (Wildman–Crippen LogP) is 3.14. The normalized spacial score (nSPS) is 10.2. The molecule has 1 nitrogen and oxygen atoms in total. The fourth-order valence-electron chi connectivity index (χ4n) is 1.13. The third-order valence-corrected chi connectivity index (χ3v) is 2.23. The van der Waals surface area contributed by atoms with Crippen molar-refractivity contribution in [2.45, 2.75) is 19.3 Å². The zero-order valence-electron chi connectivity index (χ0n) is 7.40. The summed E-state index contributed by atoms with van der Waals surface area (Å²) < 4.78 is 25.9. The summed E-state index contributed by atoms with van der Waals surface area (Å²) in [4.78, 5) is 10.0. The molecule has 4 heteroatoms. The molecular weight excluding hydrogens is 210 g/mol. The van der Waals surface area contributed by atoms with Crippen molar-refractivity contribution in [1.82, 2.24) is 0 Å². The first-order chi connectivity index (χ1) is 6.66. The van der Waals surface area contributed by atoms with E-state index >= 15 is 0 Å². The van der Waals surface area contributed by atoms with Gasteiger partial charge in [0.05, 0.1) is 0 Å². The Bertz CT molecular complexity index is 339. The van der Waals surface area contributed by atoms with E-state index in [1.807, 2.05) is 0 Å². The van der Waals surface area contributed by atoms with Crippen LogP contribution in [0.4, 0.5) is 8.78 Å². The van der Waals surface area contributed by atoms with E-state index in [0.29, 0.717) is 24.8 Å². The van der Waals surface area contributed by atoms with Crippen LogP contribution in [-0.2, 0) is 11.2 Å². The molecule has 0 aliphatic heterocycles. The van der Waals surface area contributed by atoms with E-state index in [2.05, 4.69) is 0 Å². The van der Waals surface area contributed by atoms with Gasteiger partial charge in [-0.25, -0.2) is 8.78 Å². The highest BCUT2D eigenvalue weighted by Gasteiger charge is 2.10. The molecule has 0 amide bonds. The number of hydrogen-bond donors (Lipinski definition) is 0. The van der Waals surface area contributed by atoms with Gasteiger partial charge < -0.3 is 4.79 Å². The van der Waals surface area contributed by atoms with Crippen LogP contribution >= 0.6 is 11.6 Å². The maximum atomic E-state index is 13.2. The smallest absolute Gasteiger partial charge is 0.147 e. The molecule has 0 unspecified atom stereocenters. The largest absolute Gasteiger partial charge is 0.303 e. The quantitative estimate of drug-likeness (QED) is 0.431. The van der Waals surface area contributed by atoms with Crippen LogP contribution in [0.1, 0.15) is 18.4 Å². The van der Waals surface area contributed by atoms with Crippen molar-refractivity contribution in [1.29, 1.82) is 0 Å². The van der Waals surface area contributed by atoms with E-state index in [9.17, 15) is 13.6 Å². The molecule has 1 aromatic carbocycles. The summed E-state index contributed by atoms with van der Waals surface area (Å²) in [6.45, 7) is 0. The topological polar surface area (TPSA) is 17.1 Å². The van der Waals surface area contributed by atoms with Crippen molar-refractivity contribution >= 4 is 17.9 Å². The van der Waals surface area contributed by atoms with Gasteiger partial charge in [0.25, 0.3) is 0 Å². The summed E-state index contributed by atoms with van der Waals surface area (Å²) >= 11 is 5.38. The first-order valence-electron chi connectivity index (χ1n) is 4.23. The first-order valence-corrected chi connectivity index (χ1v) is 4.60. The third kappa shape index (κ3) is 2.51. The van der Waals surface area contributed by atoms with E-state index in [1.54, 1.807) is 0 Å². The van der Waals surface area contributed by atoms with Crippen molar-refractivity contribution in [3.05, 3.63) is 34.4 Å². The number of carbonyl (C=O) groups is 1. The number of halogens is 3. The second-order valence-corrected chi connectivity index (χ2v) is 3.27. The molecule has 0 aliphatic rings. The molecule has 0 aromatic heterocycles. The molecule has 0 bridgehead atoms. The third-order valence-electron chi connectivity index (χ3n) is 1.88. The van der Waals surface area contributed by atoms with E-state index in [0.717, 1.165) is 12.4 Å². The van der Waals surface area contributed by atoms with Crippen LogP contribution in [0, 0.1) is 11.6 Å². The number of carbonyl (C=O) groups excluding carboxylic acids is 1. The van der Waals surface area contributed by atoms with Gasteiger partial charge in [-0.3, -0.25) is 0 Å². The molecule has 0 heterocycles. The monoisotopic (exact) mass is 218 g/mol. The average Bonchev–Trinajstić information content (AvgIpc) is 2.18. The second-order valence-electron chi connectivity index (χ2n) is 2.89. The summed E-state index contributed by atoms with van der Waals surface area (Å²) in [6, 6.07) is 2.48. The maximum Gasteiger partial charge on any atom is 0.147 e. The highest BCUT2D eigenvalue weighted by Crippen LogP contribution is 2.22. The molecule has 0 radical (unpaired) electrons. The lowest BCUT2D eigenvalue weighted by Gasteiger charge is -2.03. The Hall–Kier alpha value is -0.960. The van der Waals surface area contributed by atoms with Gasteiger partial charge in [0.2, 0.25) is 0 Å². The van der Waals surface area contributed by atoms with Gasteiger partial charge in [-0.1, -0.05) is 17.7 Å². The van der Waals surface area contributed by atoms with Crippen LogP contribution in [-0.4, -0.2) is 6.29 Å². The zero-order chi connectivity index (χ0) is 10.6. The number of hydrogen-bond acceptors (Lipinski definition) is 1. The van der Waals surface area contributed by atoms with Gasteiger partial charge in [0, 0.05) is 6.42 Å². The zero-order valence-corrected chi connectivity index (χ0v) is 8.15. The van der Waals surface area contributed by atoms with Crippen LogP contribution in [0.5, 0.6) is 0 Å². The van der Waals surface area contributed by atoms with E-state index in [1.165, 1.54) is 6.07 Å². The van der Waals surface area contributed by atoms with Crippen LogP contribution < -0.4 is 0 Å². The molecule has 0 fully saturated rings. The minimum atomic E-state index is -0.761. The Morgan fingerprint density at radius 1 is 1.36 bits per heavy atom. The average molecular weight is 219 g/mol. The summed E-state index contributed by atoms with van der Waals surface area (Å²) in [5.74, 6) is -1.49. The minimum Gasteiger partial charge on any atom is -0.303 e. The van der Waals surface area contributed by atoms with Gasteiger partial charge >= 0.3 is 0 Å². The van der Waals surface area contributed by atoms with Crippen LogP contribution in [0.25, 0.3) is 0 Å². The standard InChI is InChI=1S/C10H9ClF2O/c11-9-8(12)5-4-7(10(9)13)3-1-2-6-14/h4-6H,1-3H2. The number of aldehydes is 1. The molecule has 76 valence electrons. The fourth-order valence-corrected chi connectivity index (χ4v) is 1.32. The van der Waals surface area contributed by atoms with Gasteiger partial charge in [-0.2, -0.15) is 0 Å². The van der Waals surface area contributed by atoms with Gasteiger partial charge in [0.15, 0.2) is 0 Å². The predicted molar refractivity (Wildman–Crippen MR) is 50.4 cm³/mol. The molecule has 0 saturated heterocycles. The summed E-state index contributed by atoms with van der Waals surface area (Å²) in [5, 5.41) is -0.478. The van der Waals surface area contributed by atoms with Crippen molar-refractivity contribution in [2.24, 2.45) is 0 Å². The van der Waals surface area contributed by atoms with Crippen molar-refractivity contribution in [2.75, 3.05) is 0 Å². The Balaban J connectivity index is 2.78. The van der Waals surface area contributed by atoms with Crippen molar-refractivity contribution < 1.29 is 13.6 Å². The molecule has 0 atom stereocenters. The summed E-state index contributed by atoms with van der Waals surface area (Å²) in [6.07, 6.45) is 2.07. The van der Waals surface area contributed by atoms with Crippen LogP contribution in [0.3, 0.4) is 0 Å². The number of unbranched alkanes of at least 4 members (excludes halogenated alkanes) is 1. The summed E-state index contributed by atoms with van der Waals surface area (Å²) in [5.41, 5.74) is 0.346. The van der Waals surface area contributed by atoms with Gasteiger partial charge in [0.1, 0.15) is 22.9 Å². The molecular formula is C10H9ClF2O. The second kappa shape index (κ2) is 5.05. The van der Waals surface area contributed by atoms with Crippen LogP contribution in [0.15, 0.2) is 12.1 Å². The lowest BCUT2D eigenvalue weighted by molar-refractivity contribution is -0.107. The Morgan fingerprint density at radius 2 is 2.07 bits per heavy atom. The van der Waals surface area contributed by atoms with E-state index < -0.39 is 16.7 Å². The SMILES string of the molecule is O=CCCCc1ccc(F)c(Cl)c1F. The highest BCUT2D eigenvalue weighted by molar-refractivity contribution is 6.30. The Kier molecular flexibility index (Phi) is 4.01. The Morgan fingerprint density at radius 3 is 2.71 bits per heavy atom.